The van der Waals surface area contributed by atoms with Crippen molar-refractivity contribution in [3.63, 3.8) is 0 Å². The molecule has 0 aliphatic heterocycles. The molecule has 108 valence electrons. The zero-order chi connectivity index (χ0) is 14.7. The molecule has 3 rings (SSSR count). The van der Waals surface area contributed by atoms with Gasteiger partial charge in [0, 0.05) is 29.6 Å². The van der Waals surface area contributed by atoms with Crippen LogP contribution < -0.4 is 0 Å². The molecule has 5 nitrogen and oxygen atoms in total. The Morgan fingerprint density at radius 3 is 2.81 bits per heavy atom. The van der Waals surface area contributed by atoms with Gasteiger partial charge in [-0.05, 0) is 6.92 Å². The molecular weight excluding hydrogens is 332 g/mol. The van der Waals surface area contributed by atoms with Gasteiger partial charge in [-0.2, -0.15) is 0 Å². The molecule has 0 unspecified atom stereocenters. The van der Waals surface area contributed by atoms with Crippen molar-refractivity contribution in [2.24, 2.45) is 0 Å². The van der Waals surface area contributed by atoms with E-state index < -0.39 is 0 Å². The van der Waals surface area contributed by atoms with Crippen molar-refractivity contribution in [2.75, 3.05) is 5.33 Å². The molecule has 6 heteroatoms. The maximum atomic E-state index is 5.37. The van der Waals surface area contributed by atoms with Gasteiger partial charge in [0.1, 0.15) is 12.2 Å². The third-order valence-electron chi connectivity index (χ3n) is 3.16. The van der Waals surface area contributed by atoms with Crippen LogP contribution in [0.4, 0.5) is 0 Å². The minimum Gasteiger partial charge on any atom is -0.359 e. The normalized spacial score (nSPS) is 11.0. The van der Waals surface area contributed by atoms with Crippen LogP contribution in [0.25, 0.3) is 11.3 Å². The number of alkyl halides is 1. The van der Waals surface area contributed by atoms with E-state index in [2.05, 4.69) is 50.5 Å². The maximum Gasteiger partial charge on any atom is 0.158 e. The van der Waals surface area contributed by atoms with E-state index in [0.717, 1.165) is 34.5 Å². The van der Waals surface area contributed by atoms with Crippen molar-refractivity contribution in [1.29, 1.82) is 0 Å². The smallest absolute Gasteiger partial charge is 0.158 e. The minimum absolute atomic E-state index is 0.536. The second-order valence-corrected chi connectivity index (χ2v) is 5.68. The van der Waals surface area contributed by atoms with E-state index in [9.17, 15) is 0 Å². The summed E-state index contributed by atoms with van der Waals surface area (Å²) in [6.07, 6.45) is 2.79. The third-order valence-corrected chi connectivity index (χ3v) is 3.56. The second kappa shape index (κ2) is 6.22. The summed E-state index contributed by atoms with van der Waals surface area (Å²) in [6.45, 7) is 2.60. The van der Waals surface area contributed by atoms with Crippen LogP contribution in [0.5, 0.6) is 0 Å². The summed E-state index contributed by atoms with van der Waals surface area (Å²) in [6, 6.07) is 10.2. The highest BCUT2D eigenvalue weighted by Gasteiger charge is 2.08. The SMILES string of the molecule is Cc1ccc(-c2cc(Cn3cc(CCBr)nn3)on2)cc1. The average molecular weight is 347 g/mol. The van der Waals surface area contributed by atoms with Crippen LogP contribution in [0, 0.1) is 6.92 Å². The Kier molecular flexibility index (Phi) is 4.15. The van der Waals surface area contributed by atoms with Gasteiger partial charge in [-0.25, -0.2) is 4.68 Å². The van der Waals surface area contributed by atoms with Gasteiger partial charge in [0.15, 0.2) is 5.76 Å². The first kappa shape index (κ1) is 14.0. The number of aryl methyl sites for hydroxylation is 2. The molecule has 0 fully saturated rings. The van der Waals surface area contributed by atoms with Gasteiger partial charge in [-0.15, -0.1) is 5.10 Å². The van der Waals surface area contributed by atoms with E-state index in [1.165, 1.54) is 5.56 Å². The molecule has 0 spiro atoms. The lowest BCUT2D eigenvalue weighted by Gasteiger charge is -1.95. The van der Waals surface area contributed by atoms with Crippen LogP contribution in [0.3, 0.4) is 0 Å². The summed E-state index contributed by atoms with van der Waals surface area (Å²) in [7, 11) is 0. The first-order valence-corrected chi connectivity index (χ1v) is 7.84. The Morgan fingerprint density at radius 2 is 2.05 bits per heavy atom. The lowest BCUT2D eigenvalue weighted by Crippen LogP contribution is -1.98. The standard InChI is InChI=1S/C15H15BrN4O/c1-11-2-4-12(5-3-11)15-8-14(21-18-15)10-20-9-13(6-7-16)17-19-20/h2-5,8-9H,6-7,10H2,1H3. The largest absolute Gasteiger partial charge is 0.359 e. The van der Waals surface area contributed by atoms with Gasteiger partial charge in [-0.1, -0.05) is 56.1 Å². The number of benzene rings is 1. The number of rotatable bonds is 5. The predicted molar refractivity (Wildman–Crippen MR) is 83.3 cm³/mol. The molecule has 2 heterocycles. The first-order valence-electron chi connectivity index (χ1n) is 6.72. The Hall–Kier alpha value is -1.95. The van der Waals surface area contributed by atoms with Crippen LogP contribution in [-0.4, -0.2) is 25.5 Å². The summed E-state index contributed by atoms with van der Waals surface area (Å²) in [4.78, 5) is 0. The van der Waals surface area contributed by atoms with Crippen LogP contribution in [0.2, 0.25) is 0 Å². The zero-order valence-corrected chi connectivity index (χ0v) is 13.2. The Morgan fingerprint density at radius 1 is 1.24 bits per heavy atom. The highest BCUT2D eigenvalue weighted by Crippen LogP contribution is 2.20. The molecular formula is C15H15BrN4O. The Balaban J connectivity index is 1.73. The van der Waals surface area contributed by atoms with E-state index in [-0.39, 0.29) is 0 Å². The zero-order valence-electron chi connectivity index (χ0n) is 11.7. The number of aromatic nitrogens is 4. The van der Waals surface area contributed by atoms with Crippen molar-refractivity contribution in [1.82, 2.24) is 20.2 Å². The van der Waals surface area contributed by atoms with Crippen LogP contribution in [0.15, 0.2) is 41.1 Å². The fraction of sp³-hybridized carbons (Fsp3) is 0.267. The summed E-state index contributed by atoms with van der Waals surface area (Å²) in [5.74, 6) is 0.765. The molecule has 1 aromatic carbocycles. The number of hydrogen-bond acceptors (Lipinski definition) is 4. The van der Waals surface area contributed by atoms with Crippen molar-refractivity contribution in [3.05, 3.63) is 53.5 Å². The van der Waals surface area contributed by atoms with E-state index in [4.69, 9.17) is 4.52 Å². The minimum atomic E-state index is 0.536. The van der Waals surface area contributed by atoms with Gasteiger partial charge in [0.05, 0.1) is 5.69 Å². The fourth-order valence-corrected chi connectivity index (χ4v) is 2.44. The number of halogens is 1. The summed E-state index contributed by atoms with van der Waals surface area (Å²) < 4.78 is 7.14. The third kappa shape index (κ3) is 3.39. The number of nitrogens with zero attached hydrogens (tertiary/aromatic N) is 4. The van der Waals surface area contributed by atoms with E-state index in [1.807, 2.05) is 24.4 Å². The molecule has 0 bridgehead atoms. The average Bonchev–Trinajstić information content (AvgIpc) is 3.11. The monoisotopic (exact) mass is 346 g/mol. The van der Waals surface area contributed by atoms with Crippen LogP contribution in [-0.2, 0) is 13.0 Å². The van der Waals surface area contributed by atoms with Crippen LogP contribution in [0.1, 0.15) is 17.0 Å². The van der Waals surface area contributed by atoms with Crippen molar-refractivity contribution in [2.45, 2.75) is 19.9 Å². The van der Waals surface area contributed by atoms with Gasteiger partial charge >= 0.3 is 0 Å². The molecule has 0 aliphatic carbocycles. The lowest BCUT2D eigenvalue weighted by molar-refractivity contribution is 0.372. The molecule has 0 amide bonds. The summed E-state index contributed by atoms with van der Waals surface area (Å²) in [5.41, 5.74) is 4.08. The van der Waals surface area contributed by atoms with E-state index >= 15 is 0 Å². The molecule has 2 aromatic heterocycles. The molecule has 21 heavy (non-hydrogen) atoms. The molecule has 0 aliphatic rings. The van der Waals surface area contributed by atoms with Crippen molar-refractivity contribution in [3.8, 4) is 11.3 Å². The fourth-order valence-electron chi connectivity index (χ4n) is 2.03. The molecule has 3 aromatic rings. The topological polar surface area (TPSA) is 56.7 Å². The van der Waals surface area contributed by atoms with Gasteiger partial charge in [0.25, 0.3) is 0 Å². The quantitative estimate of drug-likeness (QED) is 0.665. The van der Waals surface area contributed by atoms with Gasteiger partial charge in [-0.3, -0.25) is 0 Å². The molecule has 0 N–H and O–H groups in total. The highest BCUT2D eigenvalue weighted by molar-refractivity contribution is 9.09. The summed E-state index contributed by atoms with van der Waals surface area (Å²) in [5, 5.41) is 13.2. The van der Waals surface area contributed by atoms with Crippen molar-refractivity contribution >= 4 is 15.9 Å². The van der Waals surface area contributed by atoms with E-state index in [1.54, 1.807) is 4.68 Å². The molecule has 0 radical (unpaired) electrons. The maximum absolute atomic E-state index is 5.37. The van der Waals surface area contributed by atoms with Crippen LogP contribution >= 0.6 is 15.9 Å². The first-order chi connectivity index (χ1) is 10.2. The van der Waals surface area contributed by atoms with Crippen molar-refractivity contribution < 1.29 is 4.52 Å². The second-order valence-electron chi connectivity index (χ2n) is 4.89. The lowest BCUT2D eigenvalue weighted by atomic mass is 10.1. The number of hydrogen-bond donors (Lipinski definition) is 0. The highest BCUT2D eigenvalue weighted by atomic mass is 79.9. The molecule has 0 saturated heterocycles. The molecule has 0 atom stereocenters. The van der Waals surface area contributed by atoms with Gasteiger partial charge < -0.3 is 4.52 Å². The van der Waals surface area contributed by atoms with E-state index in [0.29, 0.717) is 6.54 Å². The Bertz CT molecular complexity index is 717. The Labute approximate surface area is 131 Å². The predicted octanol–water partition coefficient (Wildman–Crippen LogP) is 3.23. The molecule has 0 saturated carbocycles. The van der Waals surface area contributed by atoms with Gasteiger partial charge in [0.2, 0.25) is 0 Å². The summed E-state index contributed by atoms with van der Waals surface area (Å²) >= 11 is 3.39.